The standard InChI is InChI=1S/C12H18N4S/c1-7(2)12(17-5)16-11-10(9(4)15-16)8(3)13-6-14-11/h6-7,12H,1-5H3/t12-/m0/s1. The van der Waals surface area contributed by atoms with Crippen molar-refractivity contribution in [2.75, 3.05) is 6.26 Å². The molecular formula is C12H18N4S. The molecule has 0 aliphatic heterocycles. The maximum absolute atomic E-state index is 4.64. The lowest BCUT2D eigenvalue weighted by Crippen LogP contribution is -2.13. The Morgan fingerprint density at radius 2 is 1.88 bits per heavy atom. The number of fused-ring (bicyclic) bond motifs is 1. The van der Waals surface area contributed by atoms with E-state index in [1.165, 1.54) is 0 Å². The molecule has 0 saturated heterocycles. The number of thioether (sulfide) groups is 1. The highest BCUT2D eigenvalue weighted by Gasteiger charge is 2.20. The van der Waals surface area contributed by atoms with Gasteiger partial charge in [-0.25, -0.2) is 14.6 Å². The van der Waals surface area contributed by atoms with Crippen LogP contribution in [0.5, 0.6) is 0 Å². The maximum Gasteiger partial charge on any atom is 0.162 e. The minimum Gasteiger partial charge on any atom is -0.241 e. The summed E-state index contributed by atoms with van der Waals surface area (Å²) in [6.45, 7) is 8.44. The van der Waals surface area contributed by atoms with Crippen LogP contribution >= 0.6 is 11.8 Å². The Kier molecular flexibility index (Phi) is 3.38. The van der Waals surface area contributed by atoms with Crippen LogP contribution in [0.1, 0.15) is 30.6 Å². The van der Waals surface area contributed by atoms with Gasteiger partial charge in [0, 0.05) is 0 Å². The molecule has 0 saturated carbocycles. The summed E-state index contributed by atoms with van der Waals surface area (Å²) in [5, 5.41) is 6.05. The molecule has 0 N–H and O–H groups in total. The second-order valence-corrected chi connectivity index (χ2v) is 5.51. The van der Waals surface area contributed by atoms with Crippen LogP contribution in [0.4, 0.5) is 0 Å². The normalized spacial score (nSPS) is 13.5. The number of hydrogen-bond acceptors (Lipinski definition) is 4. The third-order valence-electron chi connectivity index (χ3n) is 2.91. The Balaban J connectivity index is 2.67. The minimum atomic E-state index is 0.320. The lowest BCUT2D eigenvalue weighted by atomic mass is 10.2. The first-order valence-corrected chi connectivity index (χ1v) is 7.04. The molecule has 2 rings (SSSR count). The van der Waals surface area contributed by atoms with Crippen molar-refractivity contribution in [3.05, 3.63) is 17.7 Å². The molecule has 0 amide bonds. The number of nitrogens with zero attached hydrogens (tertiary/aromatic N) is 4. The average molecular weight is 250 g/mol. The van der Waals surface area contributed by atoms with E-state index in [1.54, 1.807) is 18.1 Å². The van der Waals surface area contributed by atoms with Crippen LogP contribution in [0.2, 0.25) is 0 Å². The van der Waals surface area contributed by atoms with Gasteiger partial charge in [0.1, 0.15) is 11.7 Å². The Morgan fingerprint density at radius 3 is 2.47 bits per heavy atom. The summed E-state index contributed by atoms with van der Waals surface area (Å²) < 4.78 is 2.04. The highest BCUT2D eigenvalue weighted by atomic mass is 32.2. The van der Waals surface area contributed by atoms with Gasteiger partial charge in [-0.1, -0.05) is 13.8 Å². The molecule has 2 aromatic rings. The molecule has 0 unspecified atom stereocenters. The Bertz CT molecular complexity index is 533. The van der Waals surface area contributed by atoms with E-state index in [4.69, 9.17) is 0 Å². The molecule has 0 aliphatic carbocycles. The van der Waals surface area contributed by atoms with E-state index in [0.717, 1.165) is 22.4 Å². The monoisotopic (exact) mass is 250 g/mol. The zero-order valence-electron chi connectivity index (χ0n) is 10.9. The molecule has 0 spiro atoms. The van der Waals surface area contributed by atoms with Gasteiger partial charge < -0.3 is 0 Å². The molecular weight excluding hydrogens is 232 g/mol. The van der Waals surface area contributed by atoms with E-state index >= 15 is 0 Å². The fourth-order valence-electron chi connectivity index (χ4n) is 2.15. The van der Waals surface area contributed by atoms with E-state index in [1.807, 2.05) is 18.5 Å². The van der Waals surface area contributed by atoms with Gasteiger partial charge in [-0.15, -0.1) is 11.8 Å². The van der Waals surface area contributed by atoms with Gasteiger partial charge >= 0.3 is 0 Å². The molecule has 0 fully saturated rings. The molecule has 92 valence electrons. The van der Waals surface area contributed by atoms with Crippen molar-refractivity contribution in [1.29, 1.82) is 0 Å². The summed E-state index contributed by atoms with van der Waals surface area (Å²) in [5.41, 5.74) is 2.96. The van der Waals surface area contributed by atoms with Crippen LogP contribution < -0.4 is 0 Å². The molecule has 1 atom stereocenters. The molecule has 0 aliphatic rings. The van der Waals surface area contributed by atoms with E-state index in [2.05, 4.69) is 35.2 Å². The van der Waals surface area contributed by atoms with Gasteiger partial charge in [-0.3, -0.25) is 0 Å². The maximum atomic E-state index is 4.64. The van der Waals surface area contributed by atoms with Gasteiger partial charge in [0.2, 0.25) is 0 Å². The molecule has 2 heterocycles. The lowest BCUT2D eigenvalue weighted by molar-refractivity contribution is 0.476. The van der Waals surface area contributed by atoms with Crippen LogP contribution in [-0.2, 0) is 0 Å². The Morgan fingerprint density at radius 1 is 1.18 bits per heavy atom. The summed E-state index contributed by atoms with van der Waals surface area (Å²) in [6.07, 6.45) is 3.73. The summed E-state index contributed by atoms with van der Waals surface area (Å²) in [6, 6.07) is 0. The van der Waals surface area contributed by atoms with Crippen LogP contribution in [0.3, 0.4) is 0 Å². The van der Waals surface area contributed by atoms with Gasteiger partial charge in [0.15, 0.2) is 5.65 Å². The van der Waals surface area contributed by atoms with Gasteiger partial charge in [-0.2, -0.15) is 5.10 Å². The van der Waals surface area contributed by atoms with E-state index < -0.39 is 0 Å². The van der Waals surface area contributed by atoms with E-state index in [-0.39, 0.29) is 0 Å². The summed E-state index contributed by atoms with van der Waals surface area (Å²) in [7, 11) is 0. The topological polar surface area (TPSA) is 43.6 Å². The van der Waals surface area contributed by atoms with E-state index in [0.29, 0.717) is 11.3 Å². The summed E-state index contributed by atoms with van der Waals surface area (Å²) in [5.74, 6) is 0.516. The second-order valence-electron chi connectivity index (χ2n) is 4.56. The highest BCUT2D eigenvalue weighted by Crippen LogP contribution is 2.31. The van der Waals surface area contributed by atoms with Crippen molar-refractivity contribution < 1.29 is 0 Å². The molecule has 4 nitrogen and oxygen atoms in total. The fraction of sp³-hybridized carbons (Fsp3) is 0.583. The zero-order chi connectivity index (χ0) is 12.6. The Hall–Kier alpha value is -1.10. The van der Waals surface area contributed by atoms with Crippen molar-refractivity contribution >= 4 is 22.8 Å². The predicted molar refractivity (Wildman–Crippen MR) is 72.2 cm³/mol. The van der Waals surface area contributed by atoms with Crippen molar-refractivity contribution in [3.8, 4) is 0 Å². The minimum absolute atomic E-state index is 0.320. The third kappa shape index (κ3) is 2.04. The van der Waals surface area contributed by atoms with Crippen LogP contribution in [-0.4, -0.2) is 26.0 Å². The van der Waals surface area contributed by atoms with Crippen molar-refractivity contribution in [2.45, 2.75) is 33.1 Å². The van der Waals surface area contributed by atoms with Crippen molar-refractivity contribution in [3.63, 3.8) is 0 Å². The molecule has 17 heavy (non-hydrogen) atoms. The first kappa shape index (κ1) is 12.4. The number of aryl methyl sites for hydroxylation is 2. The van der Waals surface area contributed by atoms with Crippen LogP contribution in [0.15, 0.2) is 6.33 Å². The first-order chi connectivity index (χ1) is 8.06. The van der Waals surface area contributed by atoms with Gasteiger partial charge in [0.25, 0.3) is 0 Å². The molecule has 0 bridgehead atoms. The SMILES string of the molecule is CS[C@@H](C(C)C)n1nc(C)c2c(C)ncnc21. The summed E-state index contributed by atoms with van der Waals surface area (Å²) >= 11 is 1.81. The van der Waals surface area contributed by atoms with Crippen LogP contribution in [0.25, 0.3) is 11.0 Å². The predicted octanol–water partition coefficient (Wildman–Crippen LogP) is 2.96. The van der Waals surface area contributed by atoms with Gasteiger partial charge in [0.05, 0.1) is 16.8 Å². The summed E-state index contributed by atoms with van der Waals surface area (Å²) in [4.78, 5) is 8.63. The number of hydrogen-bond donors (Lipinski definition) is 0. The van der Waals surface area contributed by atoms with Crippen molar-refractivity contribution in [1.82, 2.24) is 19.7 Å². The molecule has 2 aromatic heterocycles. The molecule has 0 aromatic carbocycles. The third-order valence-corrected chi connectivity index (χ3v) is 4.13. The van der Waals surface area contributed by atoms with Crippen molar-refractivity contribution in [2.24, 2.45) is 5.92 Å². The van der Waals surface area contributed by atoms with Crippen LogP contribution in [0, 0.1) is 19.8 Å². The average Bonchev–Trinajstić information content (AvgIpc) is 2.58. The number of aromatic nitrogens is 4. The smallest absolute Gasteiger partial charge is 0.162 e. The molecule has 0 radical (unpaired) electrons. The highest BCUT2D eigenvalue weighted by molar-refractivity contribution is 7.98. The largest absolute Gasteiger partial charge is 0.241 e. The van der Waals surface area contributed by atoms with E-state index in [9.17, 15) is 0 Å². The molecule has 5 heteroatoms. The Labute approximate surface area is 106 Å². The zero-order valence-corrected chi connectivity index (χ0v) is 11.7. The fourth-order valence-corrected chi connectivity index (χ4v) is 3.04. The second kappa shape index (κ2) is 4.64. The quantitative estimate of drug-likeness (QED) is 0.840. The number of rotatable bonds is 3. The first-order valence-electron chi connectivity index (χ1n) is 5.75. The lowest BCUT2D eigenvalue weighted by Gasteiger charge is -2.19. The van der Waals surface area contributed by atoms with Gasteiger partial charge in [-0.05, 0) is 26.0 Å².